The van der Waals surface area contributed by atoms with Crippen LogP contribution in [0.2, 0.25) is 0 Å². The van der Waals surface area contributed by atoms with Gasteiger partial charge in [-0.25, -0.2) is 0 Å². The maximum atomic E-state index is 12.4. The zero-order valence-corrected chi connectivity index (χ0v) is 17.6. The minimum Gasteiger partial charge on any atom is -0.496 e. The summed E-state index contributed by atoms with van der Waals surface area (Å²) >= 11 is 1.37. The maximum Gasteiger partial charge on any atom is 0.309 e. The van der Waals surface area contributed by atoms with Crippen LogP contribution in [0.1, 0.15) is 22.5 Å². The van der Waals surface area contributed by atoms with Crippen molar-refractivity contribution in [1.29, 1.82) is 0 Å². The van der Waals surface area contributed by atoms with Gasteiger partial charge in [0.15, 0.2) is 6.61 Å². The molecule has 2 heterocycles. The predicted molar refractivity (Wildman–Crippen MR) is 112 cm³/mol. The van der Waals surface area contributed by atoms with Crippen molar-refractivity contribution in [2.45, 2.75) is 12.8 Å². The first-order valence-electron chi connectivity index (χ1n) is 9.50. The van der Waals surface area contributed by atoms with E-state index in [0.29, 0.717) is 30.8 Å². The van der Waals surface area contributed by atoms with Crippen molar-refractivity contribution in [1.82, 2.24) is 4.90 Å². The van der Waals surface area contributed by atoms with Crippen molar-refractivity contribution in [3.63, 3.8) is 0 Å². The number of likely N-dealkylation sites (tertiary alicyclic amines) is 1. The molecule has 1 aromatic heterocycles. The Morgan fingerprint density at radius 3 is 2.61 bits per heavy atom. The molecule has 1 N–H and O–H groups in total. The summed E-state index contributed by atoms with van der Waals surface area (Å²) in [5, 5.41) is 15.4. The van der Waals surface area contributed by atoms with Crippen LogP contribution in [0.5, 0.6) is 5.75 Å². The fourth-order valence-corrected chi connectivity index (χ4v) is 3.90. The number of amides is 2. The van der Waals surface area contributed by atoms with Gasteiger partial charge in [0, 0.05) is 13.1 Å². The highest BCUT2D eigenvalue weighted by atomic mass is 32.1. The van der Waals surface area contributed by atoms with Crippen LogP contribution in [0.4, 0.5) is 11.4 Å². The second kappa shape index (κ2) is 10.0. The standard InChI is InChI=1S/C20H21N3O7S/c1-29-14-4-5-15(16(11-14)23(27)28)21-18(24)12-30-20(26)13-6-8-22(9-7-13)19(25)17-3-2-10-31-17/h2-5,10-11,13H,6-9,12H2,1H3,(H,21,24). The van der Waals surface area contributed by atoms with Gasteiger partial charge in [-0.15, -0.1) is 11.3 Å². The number of hydrogen-bond donors (Lipinski definition) is 1. The zero-order chi connectivity index (χ0) is 22.4. The monoisotopic (exact) mass is 447 g/mol. The Labute approximate surface area is 181 Å². The summed E-state index contributed by atoms with van der Waals surface area (Å²) in [5.41, 5.74) is -0.353. The highest BCUT2D eigenvalue weighted by Gasteiger charge is 2.29. The van der Waals surface area contributed by atoms with E-state index in [-0.39, 0.29) is 23.0 Å². The molecular formula is C20H21N3O7S. The molecule has 2 aromatic rings. The minimum absolute atomic E-state index is 0.0211. The Hall–Kier alpha value is -3.47. The second-order valence-corrected chi connectivity index (χ2v) is 7.79. The smallest absolute Gasteiger partial charge is 0.309 e. The van der Waals surface area contributed by atoms with Gasteiger partial charge in [-0.05, 0) is 36.4 Å². The molecule has 0 unspecified atom stereocenters. The van der Waals surface area contributed by atoms with Gasteiger partial charge in [0.2, 0.25) is 0 Å². The molecule has 0 spiro atoms. The lowest BCUT2D eigenvalue weighted by atomic mass is 9.97. The van der Waals surface area contributed by atoms with Crippen molar-refractivity contribution in [2.75, 3.05) is 32.1 Å². The van der Waals surface area contributed by atoms with Gasteiger partial charge < -0.3 is 19.7 Å². The number of methoxy groups -OCH3 is 1. The molecule has 0 saturated carbocycles. The molecule has 0 bridgehead atoms. The fourth-order valence-electron chi connectivity index (χ4n) is 3.21. The lowest BCUT2D eigenvalue weighted by Gasteiger charge is -2.30. The zero-order valence-electron chi connectivity index (χ0n) is 16.7. The number of thiophene rings is 1. The summed E-state index contributed by atoms with van der Waals surface area (Å²) in [4.78, 5) is 49.6. The summed E-state index contributed by atoms with van der Waals surface area (Å²) in [5.74, 6) is -1.40. The van der Waals surface area contributed by atoms with Crippen molar-refractivity contribution in [3.8, 4) is 5.75 Å². The number of nitrogens with zero attached hydrogens (tertiary/aromatic N) is 2. The van der Waals surface area contributed by atoms with Crippen molar-refractivity contribution in [3.05, 3.63) is 50.7 Å². The number of carbonyl (C=O) groups is 3. The summed E-state index contributed by atoms with van der Waals surface area (Å²) < 4.78 is 10.0. The van der Waals surface area contributed by atoms with E-state index in [1.165, 1.54) is 36.6 Å². The van der Waals surface area contributed by atoms with Crippen LogP contribution in [-0.2, 0) is 14.3 Å². The molecule has 1 aliphatic heterocycles. The van der Waals surface area contributed by atoms with Gasteiger partial charge in [-0.2, -0.15) is 0 Å². The molecule has 1 saturated heterocycles. The van der Waals surface area contributed by atoms with Crippen molar-refractivity contribution >= 4 is 40.5 Å². The van der Waals surface area contributed by atoms with Gasteiger partial charge in [-0.3, -0.25) is 24.5 Å². The van der Waals surface area contributed by atoms with Gasteiger partial charge in [-0.1, -0.05) is 6.07 Å². The number of nitro benzene ring substituents is 1. The van der Waals surface area contributed by atoms with Crippen LogP contribution in [0.3, 0.4) is 0 Å². The van der Waals surface area contributed by atoms with Crippen LogP contribution in [0, 0.1) is 16.0 Å². The number of ether oxygens (including phenoxy) is 2. The SMILES string of the molecule is COc1ccc(NC(=O)COC(=O)C2CCN(C(=O)c3cccs3)CC2)c([N+](=O)[O-])c1. The molecule has 10 nitrogen and oxygen atoms in total. The molecule has 2 amide bonds. The molecular weight excluding hydrogens is 426 g/mol. The maximum absolute atomic E-state index is 12.4. The van der Waals surface area contributed by atoms with E-state index in [1.54, 1.807) is 11.0 Å². The van der Waals surface area contributed by atoms with Gasteiger partial charge in [0.1, 0.15) is 11.4 Å². The van der Waals surface area contributed by atoms with Crippen LogP contribution < -0.4 is 10.1 Å². The normalized spacial score (nSPS) is 14.0. The number of anilines is 1. The van der Waals surface area contributed by atoms with E-state index >= 15 is 0 Å². The van der Waals surface area contributed by atoms with Gasteiger partial charge in [0.05, 0.1) is 28.9 Å². The Balaban J connectivity index is 1.47. The van der Waals surface area contributed by atoms with E-state index < -0.39 is 29.3 Å². The molecule has 3 rings (SSSR count). The molecule has 1 aromatic carbocycles. The molecule has 1 fully saturated rings. The lowest BCUT2D eigenvalue weighted by Crippen LogP contribution is -2.40. The van der Waals surface area contributed by atoms with E-state index in [1.807, 2.05) is 11.4 Å². The number of esters is 1. The summed E-state index contributed by atoms with van der Waals surface area (Å²) in [6.07, 6.45) is 0.892. The molecule has 0 aliphatic carbocycles. The molecule has 11 heteroatoms. The lowest BCUT2D eigenvalue weighted by molar-refractivity contribution is -0.384. The molecule has 0 radical (unpaired) electrons. The van der Waals surface area contributed by atoms with Crippen LogP contribution in [0.15, 0.2) is 35.7 Å². The number of benzene rings is 1. The Bertz CT molecular complexity index is 969. The third-order valence-corrected chi connectivity index (χ3v) is 5.73. The Morgan fingerprint density at radius 2 is 2.00 bits per heavy atom. The summed E-state index contributed by atoms with van der Waals surface area (Å²) in [7, 11) is 1.37. The number of nitro groups is 1. The average molecular weight is 447 g/mol. The molecule has 164 valence electrons. The van der Waals surface area contributed by atoms with E-state index in [2.05, 4.69) is 5.32 Å². The number of carbonyl (C=O) groups excluding carboxylic acids is 3. The highest BCUT2D eigenvalue weighted by Crippen LogP contribution is 2.29. The van der Waals surface area contributed by atoms with Crippen LogP contribution in [0.25, 0.3) is 0 Å². The fraction of sp³-hybridized carbons (Fsp3) is 0.350. The third kappa shape index (κ3) is 5.57. The van der Waals surface area contributed by atoms with Crippen LogP contribution in [-0.4, -0.2) is 54.4 Å². The minimum atomic E-state index is -0.688. The number of piperidine rings is 1. The third-order valence-electron chi connectivity index (χ3n) is 4.87. The first kappa shape index (κ1) is 22.2. The molecule has 1 aliphatic rings. The number of nitrogens with one attached hydrogen (secondary N) is 1. The molecule has 31 heavy (non-hydrogen) atoms. The summed E-state index contributed by atoms with van der Waals surface area (Å²) in [6, 6.07) is 7.58. The van der Waals surface area contributed by atoms with Crippen LogP contribution >= 0.6 is 11.3 Å². The number of rotatable bonds is 7. The van der Waals surface area contributed by atoms with E-state index in [0.717, 1.165) is 0 Å². The first-order chi connectivity index (χ1) is 14.9. The Kier molecular flexibility index (Phi) is 7.19. The quantitative estimate of drug-likeness (QED) is 0.393. The summed E-state index contributed by atoms with van der Waals surface area (Å²) in [6.45, 7) is 0.303. The van der Waals surface area contributed by atoms with Gasteiger partial charge >= 0.3 is 5.97 Å². The van der Waals surface area contributed by atoms with Crippen molar-refractivity contribution in [2.24, 2.45) is 5.92 Å². The second-order valence-electron chi connectivity index (χ2n) is 6.84. The largest absolute Gasteiger partial charge is 0.496 e. The highest BCUT2D eigenvalue weighted by molar-refractivity contribution is 7.12. The topological polar surface area (TPSA) is 128 Å². The first-order valence-corrected chi connectivity index (χ1v) is 10.4. The molecule has 0 atom stereocenters. The predicted octanol–water partition coefficient (Wildman–Crippen LogP) is 2.70. The average Bonchev–Trinajstić information content (AvgIpc) is 3.32. The van der Waals surface area contributed by atoms with E-state index in [9.17, 15) is 24.5 Å². The van der Waals surface area contributed by atoms with Crippen molar-refractivity contribution < 1.29 is 28.8 Å². The number of hydrogen-bond acceptors (Lipinski definition) is 8. The van der Waals surface area contributed by atoms with Gasteiger partial charge in [0.25, 0.3) is 17.5 Å². The Morgan fingerprint density at radius 1 is 1.26 bits per heavy atom. The van der Waals surface area contributed by atoms with E-state index in [4.69, 9.17) is 9.47 Å².